The van der Waals surface area contributed by atoms with Gasteiger partial charge in [0.1, 0.15) is 0 Å². The molecule has 0 N–H and O–H groups in total. The van der Waals surface area contributed by atoms with Crippen LogP contribution < -0.4 is 4.90 Å². The third kappa shape index (κ3) is 5.61. The van der Waals surface area contributed by atoms with Crippen molar-refractivity contribution in [3.8, 4) is 0 Å². The minimum atomic E-state index is -0.267. The molecule has 1 unspecified atom stereocenters. The predicted octanol–water partition coefficient (Wildman–Crippen LogP) is 6.30. The molecule has 4 heteroatoms. The monoisotopic (exact) mass is 422 g/mol. The van der Waals surface area contributed by atoms with E-state index in [1.807, 2.05) is 54.6 Å². The maximum atomic E-state index is 11.3. The first-order valence-corrected chi connectivity index (χ1v) is 10.8. The van der Waals surface area contributed by atoms with E-state index in [0.29, 0.717) is 0 Å². The number of anilines is 1. The van der Waals surface area contributed by atoms with E-state index < -0.39 is 0 Å². The fourth-order valence-electron chi connectivity index (χ4n) is 4.00. The minimum absolute atomic E-state index is 0.124. The van der Waals surface area contributed by atoms with Gasteiger partial charge in [-0.25, -0.2) is 0 Å². The summed E-state index contributed by atoms with van der Waals surface area (Å²) in [6.07, 6.45) is 0. The Kier molecular flexibility index (Phi) is 6.93. The van der Waals surface area contributed by atoms with Gasteiger partial charge in [-0.1, -0.05) is 103 Å². The van der Waals surface area contributed by atoms with Gasteiger partial charge in [-0.2, -0.15) is 0 Å². The highest BCUT2D eigenvalue weighted by atomic mass is 16.6. The van der Waals surface area contributed by atoms with Gasteiger partial charge >= 0.3 is 0 Å². The van der Waals surface area contributed by atoms with Crippen LogP contribution in [-0.4, -0.2) is 11.5 Å². The normalized spacial score (nSPS) is 11.6. The Balaban J connectivity index is 1.62. The van der Waals surface area contributed by atoms with Crippen LogP contribution in [0.2, 0.25) is 0 Å². The van der Waals surface area contributed by atoms with Crippen molar-refractivity contribution in [1.29, 1.82) is 0 Å². The van der Waals surface area contributed by atoms with Crippen molar-refractivity contribution in [1.82, 2.24) is 0 Å². The topological polar surface area (TPSA) is 46.4 Å². The molecule has 4 rings (SSSR count). The summed E-state index contributed by atoms with van der Waals surface area (Å²) in [5, 5.41) is 11.3. The van der Waals surface area contributed by atoms with Gasteiger partial charge < -0.3 is 4.90 Å². The summed E-state index contributed by atoms with van der Waals surface area (Å²) in [5.74, 6) is -0.267. The summed E-state index contributed by atoms with van der Waals surface area (Å²) in [4.78, 5) is 13.4. The SMILES string of the molecule is O=[N+]([O-])CC(c1ccccc1)c1ccc(N(Cc2ccccc2)Cc2ccccc2)cc1. The van der Waals surface area contributed by atoms with Gasteiger partial charge in [-0.15, -0.1) is 0 Å². The lowest BCUT2D eigenvalue weighted by Crippen LogP contribution is -2.22. The maximum Gasteiger partial charge on any atom is 0.214 e. The van der Waals surface area contributed by atoms with E-state index in [2.05, 4.69) is 65.6 Å². The van der Waals surface area contributed by atoms with Gasteiger partial charge in [0.05, 0.1) is 5.92 Å². The number of benzene rings is 4. The summed E-state index contributed by atoms with van der Waals surface area (Å²) in [7, 11) is 0. The molecule has 0 fully saturated rings. The van der Waals surface area contributed by atoms with Gasteiger partial charge in [0.25, 0.3) is 0 Å². The lowest BCUT2D eigenvalue weighted by molar-refractivity contribution is -0.481. The Labute approximate surface area is 188 Å². The van der Waals surface area contributed by atoms with Crippen LogP contribution >= 0.6 is 0 Å². The molecule has 0 saturated heterocycles. The Bertz CT molecular complexity index is 1070. The zero-order valence-electron chi connectivity index (χ0n) is 17.9. The highest BCUT2D eigenvalue weighted by Crippen LogP contribution is 2.28. The van der Waals surface area contributed by atoms with Crippen molar-refractivity contribution in [2.24, 2.45) is 0 Å². The molecule has 4 aromatic rings. The van der Waals surface area contributed by atoms with Crippen molar-refractivity contribution in [2.75, 3.05) is 11.4 Å². The molecule has 0 radical (unpaired) electrons. The molecule has 0 bridgehead atoms. The standard InChI is InChI=1S/C28H26N2O2/c31-30(32)22-28(25-14-8-3-9-15-25)26-16-18-27(19-17-26)29(20-23-10-4-1-5-11-23)21-24-12-6-2-7-13-24/h1-19,28H,20-22H2. The Morgan fingerprint density at radius 2 is 1.06 bits per heavy atom. The Hall–Kier alpha value is -3.92. The lowest BCUT2D eigenvalue weighted by atomic mass is 9.91. The van der Waals surface area contributed by atoms with E-state index in [4.69, 9.17) is 0 Å². The Morgan fingerprint density at radius 3 is 1.53 bits per heavy atom. The van der Waals surface area contributed by atoms with Gasteiger partial charge in [-0.3, -0.25) is 10.1 Å². The summed E-state index contributed by atoms with van der Waals surface area (Å²) >= 11 is 0. The lowest BCUT2D eigenvalue weighted by Gasteiger charge is -2.26. The molecule has 0 spiro atoms. The number of nitrogens with zero attached hydrogens (tertiary/aromatic N) is 2. The molecule has 1 atom stereocenters. The first-order valence-electron chi connectivity index (χ1n) is 10.8. The molecule has 0 aliphatic carbocycles. The average Bonchev–Trinajstić information content (AvgIpc) is 2.84. The second kappa shape index (κ2) is 10.4. The van der Waals surface area contributed by atoms with E-state index in [9.17, 15) is 10.1 Å². The molecule has 4 nitrogen and oxygen atoms in total. The first kappa shape index (κ1) is 21.3. The third-order valence-corrected chi connectivity index (χ3v) is 5.63. The van der Waals surface area contributed by atoms with Gasteiger partial charge in [0.15, 0.2) is 0 Å². The molecular weight excluding hydrogens is 396 g/mol. The van der Waals surface area contributed by atoms with Crippen LogP contribution in [0.25, 0.3) is 0 Å². The molecule has 32 heavy (non-hydrogen) atoms. The maximum absolute atomic E-state index is 11.3. The van der Waals surface area contributed by atoms with Crippen LogP contribution in [0.4, 0.5) is 5.69 Å². The van der Waals surface area contributed by atoms with E-state index in [-0.39, 0.29) is 17.4 Å². The van der Waals surface area contributed by atoms with Crippen LogP contribution in [-0.2, 0) is 13.1 Å². The fraction of sp³-hybridized carbons (Fsp3) is 0.143. The van der Waals surface area contributed by atoms with Crippen LogP contribution in [0.15, 0.2) is 115 Å². The second-order valence-electron chi connectivity index (χ2n) is 7.90. The zero-order valence-corrected chi connectivity index (χ0v) is 17.9. The minimum Gasteiger partial charge on any atom is -0.363 e. The highest BCUT2D eigenvalue weighted by molar-refractivity contribution is 5.50. The number of rotatable bonds is 9. The highest BCUT2D eigenvalue weighted by Gasteiger charge is 2.20. The van der Waals surface area contributed by atoms with Crippen molar-refractivity contribution >= 4 is 5.69 Å². The zero-order chi connectivity index (χ0) is 22.2. The summed E-state index contributed by atoms with van der Waals surface area (Å²) < 4.78 is 0. The second-order valence-corrected chi connectivity index (χ2v) is 7.90. The summed E-state index contributed by atoms with van der Waals surface area (Å²) in [6.45, 7) is 1.44. The summed E-state index contributed by atoms with van der Waals surface area (Å²) in [6, 6.07) is 38.7. The third-order valence-electron chi connectivity index (χ3n) is 5.63. The van der Waals surface area contributed by atoms with Gasteiger partial charge in [0, 0.05) is 23.7 Å². The van der Waals surface area contributed by atoms with Crippen LogP contribution in [0, 0.1) is 10.1 Å². The molecule has 0 heterocycles. The number of hydrogen-bond donors (Lipinski definition) is 0. The molecule has 0 aliphatic rings. The van der Waals surface area contributed by atoms with Crippen molar-refractivity contribution in [3.63, 3.8) is 0 Å². The van der Waals surface area contributed by atoms with E-state index in [1.165, 1.54) is 11.1 Å². The summed E-state index contributed by atoms with van der Waals surface area (Å²) in [5.41, 5.74) is 5.49. The van der Waals surface area contributed by atoms with Crippen molar-refractivity contribution in [3.05, 3.63) is 148 Å². The molecular formula is C28H26N2O2. The van der Waals surface area contributed by atoms with E-state index in [1.54, 1.807) is 0 Å². The van der Waals surface area contributed by atoms with E-state index >= 15 is 0 Å². The molecule has 0 aromatic heterocycles. The molecule has 4 aromatic carbocycles. The molecule has 160 valence electrons. The quantitative estimate of drug-likeness (QED) is 0.235. The van der Waals surface area contributed by atoms with Crippen LogP contribution in [0.1, 0.15) is 28.2 Å². The first-order chi connectivity index (χ1) is 15.7. The van der Waals surface area contributed by atoms with E-state index in [0.717, 1.165) is 29.9 Å². The average molecular weight is 423 g/mol. The molecule has 0 aliphatic heterocycles. The smallest absolute Gasteiger partial charge is 0.214 e. The predicted molar refractivity (Wildman–Crippen MR) is 129 cm³/mol. The molecule has 0 saturated carbocycles. The number of nitro groups is 1. The Morgan fingerprint density at radius 1 is 0.625 bits per heavy atom. The van der Waals surface area contributed by atoms with Crippen molar-refractivity contribution < 1.29 is 4.92 Å². The van der Waals surface area contributed by atoms with Crippen molar-refractivity contribution in [2.45, 2.75) is 19.0 Å². The fourth-order valence-corrected chi connectivity index (χ4v) is 4.00. The van der Waals surface area contributed by atoms with Crippen LogP contribution in [0.5, 0.6) is 0 Å². The molecule has 0 amide bonds. The number of hydrogen-bond acceptors (Lipinski definition) is 3. The van der Waals surface area contributed by atoms with Crippen LogP contribution in [0.3, 0.4) is 0 Å². The van der Waals surface area contributed by atoms with Gasteiger partial charge in [-0.05, 0) is 34.4 Å². The largest absolute Gasteiger partial charge is 0.363 e. The van der Waals surface area contributed by atoms with Gasteiger partial charge in [0.2, 0.25) is 6.54 Å².